The Kier molecular flexibility index (Phi) is 5.13. The molecule has 0 aliphatic heterocycles. The molecule has 1 saturated carbocycles. The standard InChI is InChI=1S/C13H21N/c1-3-10-14(11-4-2)12-13-8-6-5-7-9-13/h3-4,12H,1-2,5-11H2. The van der Waals surface area contributed by atoms with Gasteiger partial charge < -0.3 is 4.90 Å². The summed E-state index contributed by atoms with van der Waals surface area (Å²) in [6, 6.07) is 0. The van der Waals surface area contributed by atoms with E-state index in [-0.39, 0.29) is 0 Å². The van der Waals surface area contributed by atoms with Gasteiger partial charge in [-0.3, -0.25) is 0 Å². The molecule has 0 unspecified atom stereocenters. The molecule has 0 radical (unpaired) electrons. The van der Waals surface area contributed by atoms with Gasteiger partial charge >= 0.3 is 0 Å². The summed E-state index contributed by atoms with van der Waals surface area (Å²) in [7, 11) is 0. The Morgan fingerprint density at radius 1 is 1.00 bits per heavy atom. The van der Waals surface area contributed by atoms with Gasteiger partial charge in [-0.15, -0.1) is 13.2 Å². The quantitative estimate of drug-likeness (QED) is 0.601. The van der Waals surface area contributed by atoms with Gasteiger partial charge in [-0.2, -0.15) is 0 Å². The van der Waals surface area contributed by atoms with Gasteiger partial charge in [-0.05, 0) is 31.9 Å². The second-order valence-electron chi connectivity index (χ2n) is 3.88. The molecule has 0 aromatic heterocycles. The first kappa shape index (κ1) is 11.1. The summed E-state index contributed by atoms with van der Waals surface area (Å²) in [4.78, 5) is 2.28. The van der Waals surface area contributed by atoms with Crippen molar-refractivity contribution in [3.63, 3.8) is 0 Å². The van der Waals surface area contributed by atoms with Gasteiger partial charge in [0.2, 0.25) is 0 Å². The third kappa shape index (κ3) is 3.82. The lowest BCUT2D eigenvalue weighted by Crippen LogP contribution is -2.18. The molecule has 1 fully saturated rings. The molecule has 0 aromatic rings. The SMILES string of the molecule is C=CCN(C=C1CCCCC1)CC=C. The summed E-state index contributed by atoms with van der Waals surface area (Å²) >= 11 is 0. The molecule has 1 heteroatoms. The van der Waals surface area contributed by atoms with E-state index in [0.717, 1.165) is 13.1 Å². The molecule has 0 aromatic carbocycles. The molecule has 0 saturated heterocycles. The van der Waals surface area contributed by atoms with Crippen LogP contribution < -0.4 is 0 Å². The van der Waals surface area contributed by atoms with Crippen LogP contribution in [0.4, 0.5) is 0 Å². The molecular weight excluding hydrogens is 170 g/mol. The lowest BCUT2D eigenvalue weighted by molar-refractivity contribution is 0.448. The van der Waals surface area contributed by atoms with Crippen LogP contribution >= 0.6 is 0 Å². The first-order valence-electron chi connectivity index (χ1n) is 5.52. The van der Waals surface area contributed by atoms with E-state index < -0.39 is 0 Å². The van der Waals surface area contributed by atoms with Crippen molar-refractivity contribution in [3.8, 4) is 0 Å². The predicted molar refractivity (Wildman–Crippen MR) is 63.1 cm³/mol. The lowest BCUT2D eigenvalue weighted by atomic mass is 9.95. The highest BCUT2D eigenvalue weighted by Gasteiger charge is 2.06. The van der Waals surface area contributed by atoms with Crippen molar-refractivity contribution in [1.29, 1.82) is 0 Å². The van der Waals surface area contributed by atoms with Crippen LogP contribution in [0.25, 0.3) is 0 Å². The fourth-order valence-corrected chi connectivity index (χ4v) is 1.90. The molecule has 0 heterocycles. The summed E-state index contributed by atoms with van der Waals surface area (Å²) in [6.45, 7) is 9.39. The van der Waals surface area contributed by atoms with E-state index in [4.69, 9.17) is 0 Å². The largest absolute Gasteiger partial charge is 0.370 e. The maximum atomic E-state index is 3.77. The molecule has 78 valence electrons. The van der Waals surface area contributed by atoms with Crippen LogP contribution in [-0.4, -0.2) is 18.0 Å². The number of rotatable bonds is 5. The molecule has 0 atom stereocenters. The van der Waals surface area contributed by atoms with Crippen LogP contribution in [0.3, 0.4) is 0 Å². The fraction of sp³-hybridized carbons (Fsp3) is 0.538. The van der Waals surface area contributed by atoms with E-state index in [2.05, 4.69) is 24.3 Å². The fourth-order valence-electron chi connectivity index (χ4n) is 1.90. The first-order valence-corrected chi connectivity index (χ1v) is 5.52. The topological polar surface area (TPSA) is 3.24 Å². The third-order valence-corrected chi connectivity index (χ3v) is 2.59. The minimum Gasteiger partial charge on any atom is -0.370 e. The number of nitrogens with zero attached hydrogens (tertiary/aromatic N) is 1. The second-order valence-corrected chi connectivity index (χ2v) is 3.88. The van der Waals surface area contributed by atoms with Crippen LogP contribution in [0.2, 0.25) is 0 Å². The normalized spacial score (nSPS) is 16.1. The van der Waals surface area contributed by atoms with E-state index in [1.54, 1.807) is 5.57 Å². The lowest BCUT2D eigenvalue weighted by Gasteiger charge is -2.21. The Hall–Kier alpha value is -0.980. The molecule has 1 aliphatic carbocycles. The molecule has 0 N–H and O–H groups in total. The predicted octanol–water partition coefficient (Wildman–Crippen LogP) is 3.51. The monoisotopic (exact) mass is 191 g/mol. The highest BCUT2D eigenvalue weighted by molar-refractivity contribution is 5.05. The van der Waals surface area contributed by atoms with Crippen molar-refractivity contribution < 1.29 is 0 Å². The first-order chi connectivity index (χ1) is 6.86. The molecule has 1 aliphatic rings. The zero-order valence-corrected chi connectivity index (χ0v) is 9.04. The molecule has 14 heavy (non-hydrogen) atoms. The highest BCUT2D eigenvalue weighted by atomic mass is 15.1. The van der Waals surface area contributed by atoms with Crippen molar-refractivity contribution in [3.05, 3.63) is 37.1 Å². The zero-order valence-electron chi connectivity index (χ0n) is 9.04. The minimum absolute atomic E-state index is 0.926. The summed E-state index contributed by atoms with van der Waals surface area (Å²) < 4.78 is 0. The maximum absolute atomic E-state index is 3.77. The number of allylic oxidation sites excluding steroid dienone is 1. The van der Waals surface area contributed by atoms with Crippen LogP contribution in [0.15, 0.2) is 37.1 Å². The summed E-state index contributed by atoms with van der Waals surface area (Å²) in [6.07, 6.45) is 12.9. The van der Waals surface area contributed by atoms with Crippen molar-refractivity contribution in [2.75, 3.05) is 13.1 Å². The van der Waals surface area contributed by atoms with E-state index in [0.29, 0.717) is 0 Å². The average Bonchev–Trinajstić information content (AvgIpc) is 2.20. The van der Waals surface area contributed by atoms with Crippen molar-refractivity contribution >= 4 is 0 Å². The van der Waals surface area contributed by atoms with Crippen LogP contribution in [0.1, 0.15) is 32.1 Å². The Morgan fingerprint density at radius 3 is 2.07 bits per heavy atom. The smallest absolute Gasteiger partial charge is 0.0354 e. The Morgan fingerprint density at radius 2 is 1.57 bits per heavy atom. The van der Waals surface area contributed by atoms with Gasteiger partial charge in [0.05, 0.1) is 0 Å². The van der Waals surface area contributed by atoms with Gasteiger partial charge in [0.1, 0.15) is 0 Å². The molecule has 0 bridgehead atoms. The Bertz CT molecular complexity index is 197. The molecule has 0 spiro atoms. The van der Waals surface area contributed by atoms with Crippen LogP contribution in [0.5, 0.6) is 0 Å². The average molecular weight is 191 g/mol. The minimum atomic E-state index is 0.926. The molecule has 0 amide bonds. The van der Waals surface area contributed by atoms with E-state index in [9.17, 15) is 0 Å². The third-order valence-electron chi connectivity index (χ3n) is 2.59. The van der Waals surface area contributed by atoms with E-state index in [1.807, 2.05) is 12.2 Å². The highest BCUT2D eigenvalue weighted by Crippen LogP contribution is 2.22. The molecule has 1 nitrogen and oxygen atoms in total. The van der Waals surface area contributed by atoms with Crippen LogP contribution in [0, 0.1) is 0 Å². The van der Waals surface area contributed by atoms with Gasteiger partial charge in [-0.1, -0.05) is 24.1 Å². The van der Waals surface area contributed by atoms with Gasteiger partial charge in [0.15, 0.2) is 0 Å². The summed E-state index contributed by atoms with van der Waals surface area (Å²) in [5.41, 5.74) is 1.60. The van der Waals surface area contributed by atoms with E-state index in [1.165, 1.54) is 32.1 Å². The zero-order chi connectivity index (χ0) is 10.2. The Balaban J connectivity index is 2.49. The number of hydrogen-bond donors (Lipinski definition) is 0. The van der Waals surface area contributed by atoms with E-state index >= 15 is 0 Å². The molecular formula is C13H21N. The van der Waals surface area contributed by atoms with Crippen LogP contribution in [-0.2, 0) is 0 Å². The van der Waals surface area contributed by atoms with Crippen molar-refractivity contribution in [2.45, 2.75) is 32.1 Å². The van der Waals surface area contributed by atoms with Gasteiger partial charge in [-0.25, -0.2) is 0 Å². The Labute approximate surface area is 87.8 Å². The van der Waals surface area contributed by atoms with Gasteiger partial charge in [0.25, 0.3) is 0 Å². The summed E-state index contributed by atoms with van der Waals surface area (Å²) in [5, 5.41) is 0. The number of hydrogen-bond acceptors (Lipinski definition) is 1. The summed E-state index contributed by atoms with van der Waals surface area (Å²) in [5.74, 6) is 0. The van der Waals surface area contributed by atoms with Crippen molar-refractivity contribution in [2.24, 2.45) is 0 Å². The van der Waals surface area contributed by atoms with Gasteiger partial charge in [0, 0.05) is 13.1 Å². The molecule has 1 rings (SSSR count). The maximum Gasteiger partial charge on any atom is 0.0354 e. The van der Waals surface area contributed by atoms with Crippen molar-refractivity contribution in [1.82, 2.24) is 4.90 Å². The second kappa shape index (κ2) is 6.47.